The first-order valence-corrected chi connectivity index (χ1v) is 13.7. The lowest BCUT2D eigenvalue weighted by molar-refractivity contribution is -0.139. The Kier molecular flexibility index (Phi) is 10.6. The van der Waals surface area contributed by atoms with Crippen molar-refractivity contribution >= 4 is 17.5 Å². The maximum atomic E-state index is 14.4. The number of halogens is 1. The van der Waals surface area contributed by atoms with Crippen LogP contribution in [0, 0.1) is 5.82 Å². The van der Waals surface area contributed by atoms with Crippen LogP contribution in [0.5, 0.6) is 28.7 Å². The third kappa shape index (κ3) is 7.38. The number of carbonyl (C=O) groups is 2. The number of anilines is 1. The highest BCUT2D eigenvalue weighted by atomic mass is 19.1. The van der Waals surface area contributed by atoms with Crippen molar-refractivity contribution < 1.29 is 37.7 Å². The van der Waals surface area contributed by atoms with Crippen molar-refractivity contribution in [3.63, 3.8) is 0 Å². The number of rotatable bonds is 13. The molecule has 0 saturated heterocycles. The topological polar surface area (TPSA) is 95.6 Å². The van der Waals surface area contributed by atoms with E-state index in [1.807, 2.05) is 30.3 Å². The lowest BCUT2D eigenvalue weighted by Crippen LogP contribution is -2.41. The van der Waals surface area contributed by atoms with E-state index in [1.54, 1.807) is 42.5 Å². The van der Waals surface area contributed by atoms with E-state index in [9.17, 15) is 14.0 Å². The first-order chi connectivity index (χ1) is 21.3. The Morgan fingerprint density at radius 3 is 1.93 bits per heavy atom. The van der Waals surface area contributed by atoms with Crippen LogP contribution >= 0.6 is 0 Å². The summed E-state index contributed by atoms with van der Waals surface area (Å²) < 4.78 is 41.3. The van der Waals surface area contributed by atoms with E-state index in [4.69, 9.17) is 23.7 Å². The second-order valence-electron chi connectivity index (χ2n) is 9.73. The van der Waals surface area contributed by atoms with Gasteiger partial charge in [-0.2, -0.15) is 0 Å². The molecule has 1 unspecified atom stereocenters. The molecule has 0 aliphatic carbocycles. The van der Waals surface area contributed by atoms with Gasteiger partial charge in [0.05, 0.1) is 47.7 Å². The SMILES string of the molecule is COc1ccc(NC(=O)C(c2cc(OC)c(OC)c(OC)c2)N(Cc2ccc(F)cc2)C(=O)Cc2ccccc2)c(OC)c1. The summed E-state index contributed by atoms with van der Waals surface area (Å²) in [5.74, 6) is 0.552. The van der Waals surface area contributed by atoms with Gasteiger partial charge >= 0.3 is 0 Å². The van der Waals surface area contributed by atoms with Gasteiger partial charge in [0.15, 0.2) is 11.5 Å². The molecule has 0 fully saturated rings. The highest BCUT2D eigenvalue weighted by Crippen LogP contribution is 2.42. The molecular weight excluding hydrogens is 567 g/mol. The van der Waals surface area contributed by atoms with Gasteiger partial charge in [-0.1, -0.05) is 42.5 Å². The largest absolute Gasteiger partial charge is 0.497 e. The van der Waals surface area contributed by atoms with Gasteiger partial charge in [-0.3, -0.25) is 9.59 Å². The van der Waals surface area contributed by atoms with Crippen LogP contribution in [0.1, 0.15) is 22.7 Å². The van der Waals surface area contributed by atoms with Gasteiger partial charge in [0.2, 0.25) is 11.7 Å². The summed E-state index contributed by atoms with van der Waals surface area (Å²) >= 11 is 0. The van der Waals surface area contributed by atoms with Crippen molar-refractivity contribution in [2.75, 3.05) is 40.9 Å². The van der Waals surface area contributed by atoms with Gasteiger partial charge in [-0.05, 0) is 53.1 Å². The minimum atomic E-state index is -1.20. The standard InChI is InChI=1S/C34H35FN2O7/c1-40-26-15-16-27(28(20-26)41-2)36-34(39)32(24-18-29(42-3)33(44-5)30(19-24)43-4)37(21-23-11-13-25(35)14-12-23)31(38)17-22-9-7-6-8-10-22/h6-16,18-20,32H,17,21H2,1-5H3,(H,36,39). The molecular formula is C34H35FN2O7. The predicted octanol–water partition coefficient (Wildman–Crippen LogP) is 5.82. The molecule has 0 bridgehead atoms. The Morgan fingerprint density at radius 2 is 1.36 bits per heavy atom. The fourth-order valence-corrected chi connectivity index (χ4v) is 4.82. The quantitative estimate of drug-likeness (QED) is 0.206. The van der Waals surface area contributed by atoms with Gasteiger partial charge in [0.1, 0.15) is 23.4 Å². The van der Waals surface area contributed by atoms with Crippen LogP contribution in [-0.4, -0.2) is 52.3 Å². The Balaban J connectivity index is 1.87. The highest BCUT2D eigenvalue weighted by molar-refractivity contribution is 5.99. The molecule has 4 aromatic rings. The van der Waals surface area contributed by atoms with Crippen LogP contribution in [0.25, 0.3) is 0 Å². The molecule has 230 valence electrons. The van der Waals surface area contributed by atoms with Crippen LogP contribution in [-0.2, 0) is 22.6 Å². The molecule has 1 atom stereocenters. The summed E-state index contributed by atoms with van der Waals surface area (Å²) in [6, 6.07) is 22.0. The van der Waals surface area contributed by atoms with Crippen LogP contribution < -0.4 is 29.0 Å². The zero-order chi connectivity index (χ0) is 31.6. The first-order valence-electron chi connectivity index (χ1n) is 13.7. The molecule has 0 aromatic heterocycles. The van der Waals surface area contributed by atoms with Crippen molar-refractivity contribution in [3.05, 3.63) is 107 Å². The molecule has 0 heterocycles. The normalized spacial score (nSPS) is 11.2. The summed E-state index contributed by atoms with van der Waals surface area (Å²) in [5, 5.41) is 2.92. The molecule has 4 rings (SSSR count). The number of hydrogen-bond donors (Lipinski definition) is 1. The minimum absolute atomic E-state index is 0.000438. The number of hydrogen-bond acceptors (Lipinski definition) is 7. The summed E-state index contributed by atoms with van der Waals surface area (Å²) in [7, 11) is 7.42. The van der Waals surface area contributed by atoms with E-state index in [0.717, 1.165) is 5.56 Å². The van der Waals surface area contributed by atoms with Crippen molar-refractivity contribution in [3.8, 4) is 28.7 Å². The highest BCUT2D eigenvalue weighted by Gasteiger charge is 2.34. The first kappa shape index (κ1) is 31.7. The van der Waals surface area contributed by atoms with E-state index in [2.05, 4.69) is 5.32 Å². The fraction of sp³-hybridized carbons (Fsp3) is 0.235. The second-order valence-corrected chi connectivity index (χ2v) is 9.73. The van der Waals surface area contributed by atoms with E-state index < -0.39 is 17.8 Å². The molecule has 1 N–H and O–H groups in total. The molecule has 44 heavy (non-hydrogen) atoms. The molecule has 4 aromatic carbocycles. The van der Waals surface area contributed by atoms with Gasteiger partial charge < -0.3 is 33.9 Å². The van der Waals surface area contributed by atoms with Crippen molar-refractivity contribution in [2.24, 2.45) is 0 Å². The maximum absolute atomic E-state index is 14.4. The Bertz CT molecular complexity index is 1550. The predicted molar refractivity (Wildman–Crippen MR) is 164 cm³/mol. The van der Waals surface area contributed by atoms with E-state index >= 15 is 0 Å². The zero-order valence-electron chi connectivity index (χ0n) is 25.3. The summed E-state index contributed by atoms with van der Waals surface area (Å²) in [6.07, 6.45) is 0.0160. The van der Waals surface area contributed by atoms with E-state index in [0.29, 0.717) is 45.6 Å². The molecule has 0 aliphatic rings. The average Bonchev–Trinajstić information content (AvgIpc) is 3.05. The monoisotopic (exact) mass is 602 g/mol. The van der Waals surface area contributed by atoms with Crippen LogP contribution in [0.2, 0.25) is 0 Å². The number of nitrogens with zero attached hydrogens (tertiary/aromatic N) is 1. The molecule has 0 aliphatic heterocycles. The van der Waals surface area contributed by atoms with E-state index in [1.165, 1.54) is 52.6 Å². The average molecular weight is 603 g/mol. The smallest absolute Gasteiger partial charge is 0.251 e. The molecule has 0 radical (unpaired) electrons. The van der Waals surface area contributed by atoms with E-state index in [-0.39, 0.29) is 18.9 Å². The van der Waals surface area contributed by atoms with Gasteiger partial charge in [0, 0.05) is 12.6 Å². The van der Waals surface area contributed by atoms with Crippen LogP contribution in [0.4, 0.5) is 10.1 Å². The number of ether oxygens (including phenoxy) is 5. The fourth-order valence-electron chi connectivity index (χ4n) is 4.82. The lowest BCUT2D eigenvalue weighted by Gasteiger charge is -2.32. The third-order valence-electron chi connectivity index (χ3n) is 7.01. The molecule has 2 amide bonds. The van der Waals surface area contributed by atoms with Gasteiger partial charge in [-0.25, -0.2) is 4.39 Å². The van der Waals surface area contributed by atoms with Crippen molar-refractivity contribution in [1.82, 2.24) is 4.90 Å². The zero-order valence-corrected chi connectivity index (χ0v) is 25.3. The number of carbonyl (C=O) groups excluding carboxylic acids is 2. The third-order valence-corrected chi connectivity index (χ3v) is 7.01. The Labute approximate surface area is 256 Å². The summed E-state index contributed by atoms with van der Waals surface area (Å²) in [5.41, 5.74) is 2.16. The molecule has 9 nitrogen and oxygen atoms in total. The summed E-state index contributed by atoms with van der Waals surface area (Å²) in [6.45, 7) is 0.000438. The van der Waals surface area contributed by atoms with Crippen molar-refractivity contribution in [2.45, 2.75) is 19.0 Å². The second kappa shape index (κ2) is 14.8. The Morgan fingerprint density at radius 1 is 0.727 bits per heavy atom. The van der Waals surface area contributed by atoms with Crippen LogP contribution in [0.3, 0.4) is 0 Å². The molecule has 0 spiro atoms. The van der Waals surface area contributed by atoms with Crippen LogP contribution in [0.15, 0.2) is 84.9 Å². The number of benzene rings is 4. The number of methoxy groups -OCH3 is 5. The molecule has 0 saturated carbocycles. The maximum Gasteiger partial charge on any atom is 0.251 e. The van der Waals surface area contributed by atoms with Crippen molar-refractivity contribution in [1.29, 1.82) is 0 Å². The number of nitrogens with one attached hydrogen (secondary N) is 1. The summed E-state index contributed by atoms with van der Waals surface area (Å²) in [4.78, 5) is 30.0. The minimum Gasteiger partial charge on any atom is -0.497 e. The van der Waals surface area contributed by atoms with Gasteiger partial charge in [0.25, 0.3) is 5.91 Å². The number of amides is 2. The van der Waals surface area contributed by atoms with Gasteiger partial charge in [-0.15, -0.1) is 0 Å². The lowest BCUT2D eigenvalue weighted by atomic mass is 10.00. The molecule has 10 heteroatoms. The Hall–Kier alpha value is -5.25.